The van der Waals surface area contributed by atoms with Crippen LogP contribution in [0, 0.1) is 18.3 Å². The molecular weight excluding hydrogens is 232 g/mol. The molecule has 1 aliphatic carbocycles. The molecule has 1 heterocycles. The molecule has 2 nitrogen and oxygen atoms in total. The largest absolute Gasteiger partial charge is 0.381 e. The van der Waals surface area contributed by atoms with Crippen molar-refractivity contribution in [2.24, 2.45) is 11.3 Å². The molecule has 0 aromatic carbocycles. The third kappa shape index (κ3) is 3.71. The highest BCUT2D eigenvalue weighted by Gasteiger charge is 2.31. The smallest absolute Gasteiger partial charge is 0.0531 e. The van der Waals surface area contributed by atoms with Crippen LogP contribution in [-0.4, -0.2) is 11.0 Å². The number of pyridine rings is 1. The molecule has 0 aliphatic heterocycles. The van der Waals surface area contributed by atoms with Crippen molar-refractivity contribution in [2.45, 2.75) is 65.8 Å². The van der Waals surface area contributed by atoms with Crippen LogP contribution in [0.4, 0.5) is 5.69 Å². The third-order valence-corrected chi connectivity index (χ3v) is 4.99. The number of rotatable bonds is 4. The summed E-state index contributed by atoms with van der Waals surface area (Å²) >= 11 is 0. The van der Waals surface area contributed by atoms with Gasteiger partial charge in [-0.2, -0.15) is 0 Å². The lowest BCUT2D eigenvalue weighted by Gasteiger charge is -2.39. The van der Waals surface area contributed by atoms with Crippen molar-refractivity contribution in [3.05, 3.63) is 24.0 Å². The highest BCUT2D eigenvalue weighted by molar-refractivity contribution is 5.43. The van der Waals surface area contributed by atoms with Crippen molar-refractivity contribution in [3.8, 4) is 0 Å². The van der Waals surface area contributed by atoms with E-state index in [1.165, 1.54) is 43.4 Å². The molecule has 106 valence electrons. The maximum Gasteiger partial charge on any atom is 0.0531 e. The zero-order chi connectivity index (χ0) is 13.9. The van der Waals surface area contributed by atoms with Crippen LogP contribution in [0.15, 0.2) is 18.5 Å². The Bertz CT molecular complexity index is 403. The first-order chi connectivity index (χ1) is 9.01. The van der Waals surface area contributed by atoms with Gasteiger partial charge in [-0.25, -0.2) is 0 Å². The Morgan fingerprint density at radius 2 is 1.89 bits per heavy atom. The fourth-order valence-corrected chi connectivity index (χ4v) is 3.18. The maximum atomic E-state index is 4.25. The first-order valence-electron chi connectivity index (χ1n) is 7.69. The molecule has 0 amide bonds. The second-order valence-electron chi connectivity index (χ2n) is 6.79. The van der Waals surface area contributed by atoms with Gasteiger partial charge in [-0.05, 0) is 55.6 Å². The second-order valence-corrected chi connectivity index (χ2v) is 6.79. The summed E-state index contributed by atoms with van der Waals surface area (Å²) in [6, 6.07) is 2.82. The lowest BCUT2D eigenvalue weighted by Crippen LogP contribution is -2.32. The van der Waals surface area contributed by atoms with Crippen LogP contribution >= 0.6 is 0 Å². The first-order valence-corrected chi connectivity index (χ1v) is 7.69. The zero-order valence-electron chi connectivity index (χ0n) is 12.9. The van der Waals surface area contributed by atoms with Crippen LogP contribution in [0.5, 0.6) is 0 Å². The fourth-order valence-electron chi connectivity index (χ4n) is 3.18. The van der Waals surface area contributed by atoms with Crippen LogP contribution in [0.3, 0.4) is 0 Å². The molecule has 0 spiro atoms. The van der Waals surface area contributed by atoms with Crippen LogP contribution in [0.2, 0.25) is 0 Å². The summed E-state index contributed by atoms with van der Waals surface area (Å²) < 4.78 is 0. The quantitative estimate of drug-likeness (QED) is 0.841. The van der Waals surface area contributed by atoms with Gasteiger partial charge in [0.25, 0.3) is 0 Å². The fraction of sp³-hybridized carbons (Fsp3) is 0.706. The molecule has 19 heavy (non-hydrogen) atoms. The van der Waals surface area contributed by atoms with E-state index in [4.69, 9.17) is 0 Å². The molecule has 1 saturated carbocycles. The van der Waals surface area contributed by atoms with Crippen LogP contribution < -0.4 is 5.32 Å². The highest BCUT2D eigenvalue weighted by atomic mass is 14.9. The Morgan fingerprint density at radius 3 is 2.47 bits per heavy atom. The van der Waals surface area contributed by atoms with E-state index in [-0.39, 0.29) is 0 Å². The van der Waals surface area contributed by atoms with E-state index in [1.807, 2.05) is 12.4 Å². The molecule has 2 heteroatoms. The standard InChI is InChI=1S/C17H28N2/c1-5-17(3,4)14-6-8-15(9-7-14)19-16-10-13(2)11-18-12-16/h10-12,14-15,19H,5-9H2,1-4H3. The van der Waals surface area contributed by atoms with E-state index in [2.05, 4.69) is 44.1 Å². The molecule has 0 saturated heterocycles. The molecule has 1 aromatic heterocycles. The number of nitrogens with one attached hydrogen (secondary N) is 1. The summed E-state index contributed by atoms with van der Waals surface area (Å²) in [5, 5.41) is 3.65. The summed E-state index contributed by atoms with van der Waals surface area (Å²) in [4.78, 5) is 4.25. The normalized spacial score (nSPS) is 24.2. The number of aromatic nitrogens is 1. The maximum absolute atomic E-state index is 4.25. The number of hydrogen-bond donors (Lipinski definition) is 1. The monoisotopic (exact) mass is 260 g/mol. The summed E-state index contributed by atoms with van der Waals surface area (Å²) in [6.45, 7) is 9.27. The Morgan fingerprint density at radius 1 is 1.21 bits per heavy atom. The van der Waals surface area contributed by atoms with Crippen LogP contribution in [0.25, 0.3) is 0 Å². The van der Waals surface area contributed by atoms with E-state index in [0.717, 1.165) is 5.92 Å². The van der Waals surface area contributed by atoms with Gasteiger partial charge in [0, 0.05) is 18.4 Å². The van der Waals surface area contributed by atoms with Crippen molar-refractivity contribution in [1.82, 2.24) is 4.98 Å². The molecule has 1 aliphatic rings. The molecule has 0 bridgehead atoms. The number of aryl methyl sites for hydroxylation is 1. The van der Waals surface area contributed by atoms with Gasteiger partial charge in [0.1, 0.15) is 0 Å². The first kappa shape index (κ1) is 14.4. The van der Waals surface area contributed by atoms with E-state index in [0.29, 0.717) is 11.5 Å². The molecule has 0 unspecified atom stereocenters. The lowest BCUT2D eigenvalue weighted by molar-refractivity contribution is 0.147. The van der Waals surface area contributed by atoms with Gasteiger partial charge >= 0.3 is 0 Å². The number of hydrogen-bond acceptors (Lipinski definition) is 2. The van der Waals surface area contributed by atoms with Gasteiger partial charge in [0.05, 0.1) is 5.69 Å². The third-order valence-electron chi connectivity index (χ3n) is 4.99. The van der Waals surface area contributed by atoms with Crippen molar-refractivity contribution in [1.29, 1.82) is 0 Å². The Balaban J connectivity index is 1.87. The summed E-state index contributed by atoms with van der Waals surface area (Å²) in [5.41, 5.74) is 2.92. The van der Waals surface area contributed by atoms with E-state index in [1.54, 1.807) is 0 Å². The Hall–Kier alpha value is -1.05. The topological polar surface area (TPSA) is 24.9 Å². The molecule has 2 rings (SSSR count). The van der Waals surface area contributed by atoms with E-state index < -0.39 is 0 Å². The molecule has 0 atom stereocenters. The summed E-state index contributed by atoms with van der Waals surface area (Å²) in [7, 11) is 0. The van der Waals surface area contributed by atoms with Crippen LogP contribution in [-0.2, 0) is 0 Å². The van der Waals surface area contributed by atoms with Gasteiger partial charge in [0.15, 0.2) is 0 Å². The molecule has 0 radical (unpaired) electrons. The molecule has 1 fully saturated rings. The SMILES string of the molecule is CCC(C)(C)C1CCC(Nc2cncc(C)c2)CC1. The minimum Gasteiger partial charge on any atom is -0.381 e. The van der Waals surface area contributed by atoms with Crippen molar-refractivity contribution < 1.29 is 0 Å². The summed E-state index contributed by atoms with van der Waals surface area (Å²) in [6.07, 6.45) is 10.4. The number of anilines is 1. The Kier molecular flexibility index (Phi) is 4.49. The van der Waals surface area contributed by atoms with E-state index >= 15 is 0 Å². The molecular formula is C17H28N2. The minimum absolute atomic E-state index is 0.510. The average Bonchev–Trinajstić information content (AvgIpc) is 2.39. The van der Waals surface area contributed by atoms with Gasteiger partial charge in [0.2, 0.25) is 0 Å². The van der Waals surface area contributed by atoms with Gasteiger partial charge in [-0.3, -0.25) is 4.98 Å². The predicted molar refractivity (Wildman–Crippen MR) is 82.4 cm³/mol. The average molecular weight is 260 g/mol. The van der Waals surface area contributed by atoms with Gasteiger partial charge < -0.3 is 5.32 Å². The van der Waals surface area contributed by atoms with Crippen molar-refractivity contribution in [3.63, 3.8) is 0 Å². The highest BCUT2D eigenvalue weighted by Crippen LogP contribution is 2.40. The number of nitrogens with zero attached hydrogens (tertiary/aromatic N) is 1. The van der Waals surface area contributed by atoms with Crippen molar-refractivity contribution in [2.75, 3.05) is 5.32 Å². The van der Waals surface area contributed by atoms with Crippen LogP contribution in [0.1, 0.15) is 58.4 Å². The predicted octanol–water partition coefficient (Wildman–Crippen LogP) is 4.80. The Labute approximate surface area is 118 Å². The summed E-state index contributed by atoms with van der Waals surface area (Å²) in [5.74, 6) is 0.895. The van der Waals surface area contributed by atoms with Gasteiger partial charge in [-0.1, -0.05) is 27.2 Å². The second kappa shape index (κ2) is 5.94. The molecule has 1 N–H and O–H groups in total. The minimum atomic E-state index is 0.510. The van der Waals surface area contributed by atoms with Gasteiger partial charge in [-0.15, -0.1) is 0 Å². The zero-order valence-corrected chi connectivity index (χ0v) is 12.9. The molecule has 1 aromatic rings. The van der Waals surface area contributed by atoms with Crippen molar-refractivity contribution >= 4 is 5.69 Å². The lowest BCUT2D eigenvalue weighted by atomic mass is 9.69. The van der Waals surface area contributed by atoms with E-state index in [9.17, 15) is 0 Å².